The molecule has 2 atom stereocenters. The molecular weight excluding hydrogens is 263 g/mol. The van der Waals surface area contributed by atoms with Gasteiger partial charge in [0, 0.05) is 24.7 Å². The summed E-state index contributed by atoms with van der Waals surface area (Å²) in [6.45, 7) is 12.5. The van der Waals surface area contributed by atoms with Gasteiger partial charge in [-0.3, -0.25) is 0 Å². The predicted octanol–water partition coefficient (Wildman–Crippen LogP) is 4.34. The molecule has 21 heavy (non-hydrogen) atoms. The molecule has 0 saturated carbocycles. The Hall–Kier alpha value is -1.09. The van der Waals surface area contributed by atoms with Gasteiger partial charge >= 0.3 is 0 Å². The first kappa shape index (κ1) is 16.3. The Morgan fingerprint density at radius 3 is 2.62 bits per heavy atom. The first-order valence-corrected chi connectivity index (χ1v) is 8.08. The molecule has 0 spiro atoms. The van der Waals surface area contributed by atoms with Crippen LogP contribution in [0.5, 0.6) is 0 Å². The first-order chi connectivity index (χ1) is 9.78. The lowest BCUT2D eigenvalue weighted by Crippen LogP contribution is -2.43. The van der Waals surface area contributed by atoms with Gasteiger partial charge < -0.3 is 10.2 Å². The molecule has 1 N–H and O–H groups in total. The monoisotopic (exact) mass is 292 g/mol. The van der Waals surface area contributed by atoms with Gasteiger partial charge in [0.15, 0.2) is 0 Å². The molecule has 3 heteroatoms. The molecule has 0 amide bonds. The second-order valence-corrected chi connectivity index (χ2v) is 7.44. The molecule has 0 aromatic heterocycles. The fourth-order valence-corrected chi connectivity index (χ4v) is 2.94. The van der Waals surface area contributed by atoms with Crippen molar-refractivity contribution in [2.24, 2.45) is 5.92 Å². The van der Waals surface area contributed by atoms with Crippen molar-refractivity contribution in [3.8, 4) is 0 Å². The third-order valence-corrected chi connectivity index (χ3v) is 4.52. The van der Waals surface area contributed by atoms with Crippen molar-refractivity contribution in [3.05, 3.63) is 29.6 Å². The van der Waals surface area contributed by atoms with Crippen LogP contribution in [0.4, 0.5) is 10.1 Å². The molecule has 1 aromatic rings. The summed E-state index contributed by atoms with van der Waals surface area (Å²) in [6.07, 6.45) is 2.39. The fraction of sp³-hybridized carbons (Fsp3) is 0.667. The summed E-state index contributed by atoms with van der Waals surface area (Å²) in [4.78, 5) is 2.23. The van der Waals surface area contributed by atoms with Gasteiger partial charge in [0.1, 0.15) is 5.82 Å². The van der Waals surface area contributed by atoms with Crippen molar-refractivity contribution in [1.82, 2.24) is 5.32 Å². The maximum Gasteiger partial charge on any atom is 0.146 e. The van der Waals surface area contributed by atoms with Gasteiger partial charge in [0.25, 0.3) is 0 Å². The average molecular weight is 292 g/mol. The maximum absolute atomic E-state index is 14.5. The molecule has 2 unspecified atom stereocenters. The van der Waals surface area contributed by atoms with E-state index < -0.39 is 0 Å². The van der Waals surface area contributed by atoms with Gasteiger partial charge in [-0.2, -0.15) is 0 Å². The van der Waals surface area contributed by atoms with E-state index in [2.05, 4.69) is 44.8 Å². The summed E-state index contributed by atoms with van der Waals surface area (Å²) < 4.78 is 14.5. The number of halogens is 1. The van der Waals surface area contributed by atoms with Crippen molar-refractivity contribution in [3.63, 3.8) is 0 Å². The molecule has 2 rings (SSSR count). The molecule has 0 aliphatic carbocycles. The number of nitrogens with one attached hydrogen (secondary N) is 1. The smallest absolute Gasteiger partial charge is 0.146 e. The topological polar surface area (TPSA) is 15.3 Å². The van der Waals surface area contributed by atoms with E-state index in [0.29, 0.717) is 18.5 Å². The largest absolute Gasteiger partial charge is 0.366 e. The van der Waals surface area contributed by atoms with E-state index in [0.717, 1.165) is 24.2 Å². The number of benzene rings is 1. The van der Waals surface area contributed by atoms with Crippen LogP contribution in [0.2, 0.25) is 0 Å². The average Bonchev–Trinajstić information content (AvgIpc) is 2.39. The minimum absolute atomic E-state index is 0.0476. The predicted molar refractivity (Wildman–Crippen MR) is 88.2 cm³/mol. The van der Waals surface area contributed by atoms with Gasteiger partial charge in [0.2, 0.25) is 0 Å². The molecule has 1 saturated heterocycles. The van der Waals surface area contributed by atoms with Gasteiger partial charge in [-0.25, -0.2) is 4.39 Å². The molecule has 1 aliphatic rings. The minimum atomic E-state index is -0.0934. The van der Waals surface area contributed by atoms with E-state index >= 15 is 0 Å². The zero-order valence-electron chi connectivity index (χ0n) is 14.0. The van der Waals surface area contributed by atoms with Crippen LogP contribution in [0.25, 0.3) is 0 Å². The van der Waals surface area contributed by atoms with Crippen LogP contribution < -0.4 is 10.2 Å². The SMILES string of the molecule is CC1CCCN(c2ccc(CNC(C)(C)C)cc2F)C1C. The maximum atomic E-state index is 14.5. The van der Waals surface area contributed by atoms with Crippen LogP contribution in [0.15, 0.2) is 18.2 Å². The van der Waals surface area contributed by atoms with E-state index in [1.807, 2.05) is 12.1 Å². The van der Waals surface area contributed by atoms with Crippen molar-refractivity contribution >= 4 is 5.69 Å². The highest BCUT2D eigenvalue weighted by atomic mass is 19.1. The lowest BCUT2D eigenvalue weighted by atomic mass is 9.91. The van der Waals surface area contributed by atoms with Crippen LogP contribution >= 0.6 is 0 Å². The van der Waals surface area contributed by atoms with Gasteiger partial charge in [-0.15, -0.1) is 0 Å². The summed E-state index contributed by atoms with van der Waals surface area (Å²) in [7, 11) is 0. The van der Waals surface area contributed by atoms with Crippen molar-refractivity contribution in [1.29, 1.82) is 0 Å². The second-order valence-electron chi connectivity index (χ2n) is 7.44. The highest BCUT2D eigenvalue weighted by Crippen LogP contribution is 2.30. The van der Waals surface area contributed by atoms with Crippen LogP contribution in [-0.4, -0.2) is 18.1 Å². The normalized spacial score (nSPS) is 23.4. The summed E-state index contributed by atoms with van der Waals surface area (Å²) in [5, 5.41) is 3.40. The van der Waals surface area contributed by atoms with Gasteiger partial charge in [-0.1, -0.05) is 13.0 Å². The third kappa shape index (κ3) is 4.19. The Labute approximate surface area is 128 Å². The number of anilines is 1. The zero-order chi connectivity index (χ0) is 15.6. The Morgan fingerprint density at radius 1 is 1.29 bits per heavy atom. The Kier molecular flexibility index (Phi) is 4.92. The molecule has 0 bridgehead atoms. The quantitative estimate of drug-likeness (QED) is 0.891. The Balaban J connectivity index is 2.12. The summed E-state index contributed by atoms with van der Waals surface area (Å²) in [5.41, 5.74) is 1.81. The van der Waals surface area contributed by atoms with E-state index in [-0.39, 0.29) is 11.4 Å². The van der Waals surface area contributed by atoms with E-state index in [4.69, 9.17) is 0 Å². The van der Waals surface area contributed by atoms with Crippen molar-refractivity contribution < 1.29 is 4.39 Å². The van der Waals surface area contributed by atoms with Gasteiger partial charge in [0.05, 0.1) is 5.69 Å². The van der Waals surface area contributed by atoms with E-state index in [1.54, 1.807) is 6.07 Å². The highest BCUT2D eigenvalue weighted by Gasteiger charge is 2.26. The lowest BCUT2D eigenvalue weighted by Gasteiger charge is -2.39. The van der Waals surface area contributed by atoms with E-state index in [1.165, 1.54) is 6.42 Å². The molecular formula is C18H29FN2. The van der Waals surface area contributed by atoms with E-state index in [9.17, 15) is 4.39 Å². The number of hydrogen-bond donors (Lipinski definition) is 1. The standard InChI is InChI=1S/C18H29FN2/c1-13-7-6-10-21(14(13)2)17-9-8-15(11-16(17)19)12-20-18(3,4)5/h8-9,11,13-14,20H,6-7,10,12H2,1-5H3. The molecule has 2 nitrogen and oxygen atoms in total. The number of rotatable bonds is 3. The second kappa shape index (κ2) is 6.35. The van der Waals surface area contributed by atoms with Crippen LogP contribution in [0, 0.1) is 11.7 Å². The molecule has 0 radical (unpaired) electrons. The molecule has 118 valence electrons. The fourth-order valence-electron chi connectivity index (χ4n) is 2.94. The first-order valence-electron chi connectivity index (χ1n) is 8.08. The van der Waals surface area contributed by atoms with Crippen LogP contribution in [0.3, 0.4) is 0 Å². The molecule has 1 aliphatic heterocycles. The molecule has 1 aromatic carbocycles. The summed E-state index contributed by atoms with van der Waals surface area (Å²) >= 11 is 0. The number of piperidine rings is 1. The molecule has 1 heterocycles. The van der Waals surface area contributed by atoms with Crippen LogP contribution in [-0.2, 0) is 6.54 Å². The Morgan fingerprint density at radius 2 is 2.00 bits per heavy atom. The highest BCUT2D eigenvalue weighted by molar-refractivity contribution is 5.50. The summed E-state index contributed by atoms with van der Waals surface area (Å²) in [5.74, 6) is 0.532. The van der Waals surface area contributed by atoms with Gasteiger partial charge in [-0.05, 0) is 64.2 Å². The van der Waals surface area contributed by atoms with Crippen molar-refractivity contribution in [2.45, 2.75) is 65.6 Å². The molecule has 1 fully saturated rings. The van der Waals surface area contributed by atoms with Crippen LogP contribution in [0.1, 0.15) is 53.0 Å². The van der Waals surface area contributed by atoms with Crippen molar-refractivity contribution in [2.75, 3.05) is 11.4 Å². The summed E-state index contributed by atoms with van der Waals surface area (Å²) in [6, 6.07) is 6.08. The minimum Gasteiger partial charge on any atom is -0.366 e. The third-order valence-electron chi connectivity index (χ3n) is 4.52. The number of hydrogen-bond acceptors (Lipinski definition) is 2. The number of nitrogens with zero attached hydrogens (tertiary/aromatic N) is 1. The Bertz CT molecular complexity index is 479. The zero-order valence-corrected chi connectivity index (χ0v) is 14.0. The lowest BCUT2D eigenvalue weighted by molar-refractivity contribution is 0.360.